The number of aliphatic imine (C=N–C) groups is 1. The first-order chi connectivity index (χ1) is 16.7. The Hall–Kier alpha value is -2.27. The zero-order chi connectivity index (χ0) is 24.8. The fourth-order valence-corrected chi connectivity index (χ4v) is 5.60. The van der Waals surface area contributed by atoms with Gasteiger partial charge in [-0.25, -0.2) is 15.0 Å². The first-order valence-electron chi connectivity index (χ1n) is 12.1. The highest BCUT2D eigenvalue weighted by Crippen LogP contribution is 2.32. The van der Waals surface area contributed by atoms with E-state index in [2.05, 4.69) is 19.9 Å². The Bertz CT molecular complexity index is 987. The van der Waals surface area contributed by atoms with Gasteiger partial charge in [0, 0.05) is 30.6 Å². The molecule has 7 nitrogen and oxygen atoms in total. The number of oxazole rings is 1. The number of aromatic nitrogens is 2. The third-order valence-corrected chi connectivity index (χ3v) is 7.65. The predicted molar refractivity (Wildman–Crippen MR) is 126 cm³/mol. The van der Waals surface area contributed by atoms with Crippen LogP contribution in [0.15, 0.2) is 15.6 Å². The molecule has 1 amide bonds. The van der Waals surface area contributed by atoms with Crippen LogP contribution < -0.4 is 4.74 Å². The molecule has 1 saturated carbocycles. The van der Waals surface area contributed by atoms with Gasteiger partial charge in [-0.1, -0.05) is 11.3 Å². The van der Waals surface area contributed by atoms with Crippen molar-refractivity contribution < 1.29 is 27.1 Å². The first kappa shape index (κ1) is 25.8. The Morgan fingerprint density at radius 2 is 2.06 bits per heavy atom. The van der Waals surface area contributed by atoms with Crippen LogP contribution in [-0.2, 0) is 24.1 Å². The number of fused-ring (bicyclic) bond motifs is 1. The first-order valence-corrected chi connectivity index (χ1v) is 12.9. The van der Waals surface area contributed by atoms with E-state index in [1.165, 1.54) is 11.3 Å². The quantitative estimate of drug-likeness (QED) is 0.472. The highest BCUT2D eigenvalue weighted by atomic mass is 32.1. The van der Waals surface area contributed by atoms with E-state index in [1.54, 1.807) is 19.3 Å². The van der Waals surface area contributed by atoms with Gasteiger partial charge in [-0.05, 0) is 63.8 Å². The molecule has 0 radical (unpaired) electrons. The largest absolute Gasteiger partial charge is 0.460 e. The maximum Gasteiger partial charge on any atom is 0.422 e. The van der Waals surface area contributed by atoms with Gasteiger partial charge in [0.1, 0.15) is 12.2 Å². The van der Waals surface area contributed by atoms with Crippen molar-refractivity contribution in [2.45, 2.75) is 64.5 Å². The topological polar surface area (TPSA) is 80.8 Å². The zero-order valence-corrected chi connectivity index (χ0v) is 20.7. The molecule has 1 aliphatic heterocycles. The molecule has 0 aromatic carbocycles. The second-order valence-electron chi connectivity index (χ2n) is 9.38. The van der Waals surface area contributed by atoms with Crippen LogP contribution in [0.4, 0.5) is 13.2 Å². The fourth-order valence-electron chi connectivity index (χ4n) is 4.65. The minimum atomic E-state index is -4.35. The molecule has 35 heavy (non-hydrogen) atoms. The van der Waals surface area contributed by atoms with Crippen molar-refractivity contribution in [3.05, 3.63) is 28.4 Å². The van der Waals surface area contributed by atoms with Crippen LogP contribution in [0.5, 0.6) is 5.19 Å². The van der Waals surface area contributed by atoms with Crippen LogP contribution in [0.25, 0.3) is 0 Å². The van der Waals surface area contributed by atoms with Crippen LogP contribution in [0.1, 0.15) is 54.3 Å². The van der Waals surface area contributed by atoms with E-state index >= 15 is 0 Å². The summed E-state index contributed by atoms with van der Waals surface area (Å²) in [6, 6.07) is 0. The van der Waals surface area contributed by atoms with E-state index in [9.17, 15) is 18.0 Å². The molecule has 0 bridgehead atoms. The Balaban J connectivity index is 1.13. The zero-order valence-electron chi connectivity index (χ0n) is 19.9. The predicted octanol–water partition coefficient (Wildman–Crippen LogP) is 4.82. The number of rotatable bonds is 8. The van der Waals surface area contributed by atoms with E-state index in [1.807, 2.05) is 0 Å². The van der Waals surface area contributed by atoms with Crippen molar-refractivity contribution in [3.63, 3.8) is 0 Å². The highest BCUT2D eigenvalue weighted by molar-refractivity contribution is 7.13. The van der Waals surface area contributed by atoms with Gasteiger partial charge in [0.05, 0.1) is 11.9 Å². The number of halogens is 3. The smallest absolute Gasteiger partial charge is 0.422 e. The van der Waals surface area contributed by atoms with E-state index < -0.39 is 12.8 Å². The molecule has 3 heterocycles. The van der Waals surface area contributed by atoms with Crippen molar-refractivity contribution in [2.24, 2.45) is 16.8 Å². The summed E-state index contributed by atoms with van der Waals surface area (Å²) in [7, 11) is 0. The van der Waals surface area contributed by atoms with Crippen molar-refractivity contribution in [1.82, 2.24) is 14.9 Å². The molecule has 0 spiro atoms. The molecular formula is C24H31F3N4O3S. The number of carbonyl (C=O) groups excluding carboxylic acids is 1. The summed E-state index contributed by atoms with van der Waals surface area (Å²) in [6.45, 7) is 3.27. The van der Waals surface area contributed by atoms with Crippen molar-refractivity contribution in [3.8, 4) is 5.19 Å². The molecule has 4 rings (SSSR count). The number of thiazole rings is 1. The van der Waals surface area contributed by atoms with Crippen LogP contribution in [0.2, 0.25) is 0 Å². The average Bonchev–Trinajstić information content (AvgIpc) is 3.36. The maximum absolute atomic E-state index is 12.4. The molecule has 0 saturated heterocycles. The summed E-state index contributed by atoms with van der Waals surface area (Å²) >= 11 is 1.24. The van der Waals surface area contributed by atoms with Gasteiger partial charge in [0.2, 0.25) is 5.89 Å². The molecule has 11 heteroatoms. The molecule has 0 N–H and O–H groups in total. The molecule has 1 aliphatic carbocycles. The standard InChI is InChI=1S/C24H31F3N4O3S/c1-16-13-29-22(34-16)12-21(32)28-14-18-4-2-17(3-5-18)6-9-31-10-7-19-20(8-11-31)35-23(30-19)33-15-24(25,26)27/h13-14,17-18H,2-12,15H2,1H3. The number of amides is 1. The number of hydrogen-bond acceptors (Lipinski definition) is 7. The van der Waals surface area contributed by atoms with Crippen LogP contribution in [-0.4, -0.2) is 59.4 Å². The van der Waals surface area contributed by atoms with Gasteiger partial charge in [0.15, 0.2) is 6.61 Å². The SMILES string of the molecule is Cc1cnc(CC(=O)N=CC2CCC(CCN3CCc4nc(OCC(F)(F)F)sc4CC3)CC2)o1. The Morgan fingerprint density at radius 1 is 1.29 bits per heavy atom. The van der Waals surface area contributed by atoms with E-state index in [0.717, 1.165) is 75.2 Å². The minimum Gasteiger partial charge on any atom is -0.460 e. The molecule has 2 aromatic rings. The lowest BCUT2D eigenvalue weighted by Gasteiger charge is -2.28. The minimum absolute atomic E-state index is 0.0967. The van der Waals surface area contributed by atoms with Crippen LogP contribution in [0, 0.1) is 18.8 Å². The van der Waals surface area contributed by atoms with Gasteiger partial charge in [-0.2, -0.15) is 13.2 Å². The molecule has 2 aromatic heterocycles. The molecular weight excluding hydrogens is 481 g/mol. The van der Waals surface area contributed by atoms with Crippen LogP contribution in [0.3, 0.4) is 0 Å². The normalized spacial score (nSPS) is 21.7. The van der Waals surface area contributed by atoms with Gasteiger partial charge >= 0.3 is 6.18 Å². The summed E-state index contributed by atoms with van der Waals surface area (Å²) in [5.41, 5.74) is 0.877. The summed E-state index contributed by atoms with van der Waals surface area (Å²) in [5.74, 6) is 1.88. The van der Waals surface area contributed by atoms with Gasteiger partial charge in [-0.15, -0.1) is 0 Å². The maximum atomic E-state index is 12.4. The van der Waals surface area contributed by atoms with Gasteiger partial charge in [-0.3, -0.25) is 4.79 Å². The molecule has 0 atom stereocenters. The lowest BCUT2D eigenvalue weighted by Crippen LogP contribution is -2.29. The number of carbonyl (C=O) groups is 1. The number of alkyl halides is 3. The summed E-state index contributed by atoms with van der Waals surface area (Å²) in [6.07, 6.45) is 6.18. The third-order valence-electron chi connectivity index (χ3n) is 6.58. The lowest BCUT2D eigenvalue weighted by molar-refractivity contribution is -0.153. The van der Waals surface area contributed by atoms with Crippen molar-refractivity contribution in [1.29, 1.82) is 0 Å². The third kappa shape index (κ3) is 8.13. The number of ether oxygens (including phenoxy) is 1. The van der Waals surface area contributed by atoms with E-state index in [-0.39, 0.29) is 17.5 Å². The molecule has 0 unspecified atom stereocenters. The fraction of sp³-hybridized carbons (Fsp3) is 0.667. The van der Waals surface area contributed by atoms with E-state index in [4.69, 9.17) is 9.15 Å². The Morgan fingerprint density at radius 3 is 2.77 bits per heavy atom. The van der Waals surface area contributed by atoms with E-state index in [0.29, 0.717) is 23.5 Å². The molecule has 1 fully saturated rings. The molecule has 192 valence electrons. The summed E-state index contributed by atoms with van der Waals surface area (Å²) in [5, 5.41) is 0.121. The van der Waals surface area contributed by atoms with Crippen molar-refractivity contribution >= 4 is 23.5 Å². The lowest BCUT2D eigenvalue weighted by atomic mass is 9.81. The monoisotopic (exact) mass is 512 g/mol. The van der Waals surface area contributed by atoms with Crippen LogP contribution >= 0.6 is 11.3 Å². The average molecular weight is 513 g/mol. The van der Waals surface area contributed by atoms with Gasteiger partial charge < -0.3 is 14.1 Å². The van der Waals surface area contributed by atoms with Gasteiger partial charge in [0.25, 0.3) is 11.1 Å². The summed E-state index contributed by atoms with van der Waals surface area (Å²) < 4.78 is 47.2. The molecule has 2 aliphatic rings. The number of nitrogens with zero attached hydrogens (tertiary/aromatic N) is 4. The second-order valence-corrected chi connectivity index (χ2v) is 10.4. The highest BCUT2D eigenvalue weighted by Gasteiger charge is 2.30. The Kier molecular flexibility index (Phi) is 8.59. The van der Waals surface area contributed by atoms with Crippen molar-refractivity contribution in [2.75, 3.05) is 26.2 Å². The number of aryl methyl sites for hydroxylation is 1. The Labute approximate surface area is 206 Å². The second kappa shape index (κ2) is 11.6. The summed E-state index contributed by atoms with van der Waals surface area (Å²) in [4.78, 5) is 27.9. The number of hydrogen-bond donors (Lipinski definition) is 0.